The molecule has 352 valence electrons. The first-order chi connectivity index (χ1) is 28.6. The smallest absolute Gasteiger partial charge is 0.220 e. The summed E-state index contributed by atoms with van der Waals surface area (Å²) in [6.07, 6.45) is 8.07. The number of amides is 3. The summed E-state index contributed by atoms with van der Waals surface area (Å²) in [6, 6.07) is 0. The van der Waals surface area contributed by atoms with Crippen LogP contribution in [0.15, 0.2) is 22.7 Å². The maximum absolute atomic E-state index is 13.2. The van der Waals surface area contributed by atoms with Crippen molar-refractivity contribution in [2.75, 3.05) is 33.2 Å². The number of phenolic OH excluding ortho intramolecular Hbond substituents is 2. The van der Waals surface area contributed by atoms with E-state index in [0.29, 0.717) is 53.0 Å². The summed E-state index contributed by atoms with van der Waals surface area (Å²) in [5.41, 5.74) is 0.359. The van der Waals surface area contributed by atoms with Crippen LogP contribution in [0.4, 0.5) is 0 Å². The Bertz CT molecular complexity index is 1780. The molecule has 0 bridgehead atoms. The molecule has 1 aliphatic carbocycles. The number of Topliss-reactive ketones (excluding diaryl/α,β-unsaturated/α-hetero) is 1. The van der Waals surface area contributed by atoms with Gasteiger partial charge in [-0.3, -0.25) is 19.2 Å². The Morgan fingerprint density at radius 1 is 0.532 bits per heavy atom. The number of phenols is 2. The predicted molar refractivity (Wildman–Crippen MR) is 250 cm³/mol. The third kappa shape index (κ3) is 14.5. The van der Waals surface area contributed by atoms with Gasteiger partial charge in [0.1, 0.15) is 17.3 Å². The summed E-state index contributed by atoms with van der Waals surface area (Å²) >= 11 is 0. The fourth-order valence-corrected chi connectivity index (χ4v) is 10.2. The van der Waals surface area contributed by atoms with Crippen LogP contribution < -0.4 is 21.3 Å². The zero-order chi connectivity index (χ0) is 47.4. The van der Waals surface area contributed by atoms with Gasteiger partial charge in [0.05, 0.1) is 11.5 Å². The van der Waals surface area contributed by atoms with E-state index in [1.165, 1.54) is 6.92 Å². The van der Waals surface area contributed by atoms with Gasteiger partial charge < -0.3 is 41.7 Å². The lowest BCUT2D eigenvalue weighted by molar-refractivity contribution is -0.124. The van der Waals surface area contributed by atoms with E-state index in [1.54, 1.807) is 20.8 Å². The molecule has 0 radical (unpaired) electrons. The summed E-state index contributed by atoms with van der Waals surface area (Å²) in [5, 5.41) is 58.0. The fraction of sp³-hybridized carbons (Fsp3) is 0.720. The molecule has 2 atom stereocenters. The normalized spacial score (nSPS) is 16.4. The van der Waals surface area contributed by atoms with Crippen molar-refractivity contribution in [3.63, 3.8) is 0 Å². The number of aliphatic hydroxyl groups excluding tert-OH is 2. The Kier molecular flexibility index (Phi) is 20.1. The predicted octanol–water partition coefficient (Wildman–Crippen LogP) is 9.07. The molecule has 3 amide bonds. The van der Waals surface area contributed by atoms with Crippen molar-refractivity contribution in [2.24, 2.45) is 22.7 Å². The second kappa shape index (κ2) is 23.0. The first-order valence-corrected chi connectivity index (χ1v) is 23.0. The Morgan fingerprint density at radius 3 is 1.27 bits per heavy atom. The molecule has 0 spiro atoms. The number of aliphatic hydroxyl groups is 2. The minimum absolute atomic E-state index is 0.00300. The van der Waals surface area contributed by atoms with Crippen molar-refractivity contribution in [3.05, 3.63) is 44.9 Å². The summed E-state index contributed by atoms with van der Waals surface area (Å²) in [6.45, 7) is 26.4. The van der Waals surface area contributed by atoms with E-state index in [-0.39, 0.29) is 72.2 Å². The third-order valence-corrected chi connectivity index (χ3v) is 13.0. The molecule has 2 unspecified atom stereocenters. The van der Waals surface area contributed by atoms with Gasteiger partial charge in [0.15, 0.2) is 0 Å². The van der Waals surface area contributed by atoms with E-state index in [2.05, 4.69) is 21.3 Å². The SMILES string of the molecule is CNCCCCCCNC(=O)CC(C)(C)c1c(C)c(O)c(C(C)(C)CC(=O)NCCCCCCNC(=O)CC(C)(C)C2C(O)=C(C)C(C(C)(C)CC(C)=O)=C(O)C2C)c(C)c1O. The van der Waals surface area contributed by atoms with Crippen LogP contribution in [0, 0.1) is 36.5 Å². The molecule has 0 saturated carbocycles. The van der Waals surface area contributed by atoms with Gasteiger partial charge in [0.25, 0.3) is 0 Å². The van der Waals surface area contributed by atoms with E-state index in [0.717, 1.165) is 57.9 Å². The molecule has 0 aromatic heterocycles. The largest absolute Gasteiger partial charge is 0.512 e. The van der Waals surface area contributed by atoms with Crippen molar-refractivity contribution in [2.45, 2.75) is 178 Å². The van der Waals surface area contributed by atoms with Crippen molar-refractivity contribution in [1.82, 2.24) is 21.3 Å². The Morgan fingerprint density at radius 2 is 0.903 bits per heavy atom. The van der Waals surface area contributed by atoms with E-state index in [1.807, 2.05) is 69.4 Å². The van der Waals surface area contributed by atoms with Crippen LogP contribution >= 0.6 is 0 Å². The van der Waals surface area contributed by atoms with E-state index < -0.39 is 33.5 Å². The summed E-state index contributed by atoms with van der Waals surface area (Å²) in [5.74, 6) is -0.908. The quantitative estimate of drug-likeness (QED) is 0.0331. The molecular weight excluding hydrogens is 785 g/mol. The minimum atomic E-state index is -0.795. The topological polar surface area (TPSA) is 197 Å². The van der Waals surface area contributed by atoms with Crippen LogP contribution in [0.25, 0.3) is 0 Å². The van der Waals surface area contributed by atoms with Gasteiger partial charge in [0, 0.05) is 90.1 Å². The average Bonchev–Trinajstić information content (AvgIpc) is 3.12. The number of carbonyl (C=O) groups is 4. The van der Waals surface area contributed by atoms with Crippen molar-refractivity contribution in [1.29, 1.82) is 0 Å². The molecule has 1 aromatic carbocycles. The summed E-state index contributed by atoms with van der Waals surface area (Å²) in [4.78, 5) is 51.1. The van der Waals surface area contributed by atoms with Crippen LogP contribution in [-0.4, -0.2) is 77.2 Å². The average molecular weight is 869 g/mol. The van der Waals surface area contributed by atoms with Gasteiger partial charge in [-0.1, -0.05) is 88.0 Å². The first kappa shape index (κ1) is 54.1. The molecule has 8 N–H and O–H groups in total. The van der Waals surface area contributed by atoms with E-state index in [4.69, 9.17) is 0 Å². The maximum atomic E-state index is 13.2. The van der Waals surface area contributed by atoms with Crippen molar-refractivity contribution in [3.8, 4) is 11.5 Å². The second-order valence-electron chi connectivity index (χ2n) is 20.8. The number of hydrogen-bond acceptors (Lipinski definition) is 9. The third-order valence-electron chi connectivity index (χ3n) is 13.0. The number of unbranched alkanes of at least 4 members (excludes halogenated alkanes) is 6. The lowest BCUT2D eigenvalue weighted by atomic mass is 9.62. The number of rotatable bonds is 26. The monoisotopic (exact) mass is 869 g/mol. The first-order valence-electron chi connectivity index (χ1n) is 23.0. The van der Waals surface area contributed by atoms with E-state index >= 15 is 0 Å². The molecule has 0 fully saturated rings. The molecule has 0 aliphatic heterocycles. The highest BCUT2D eigenvalue weighted by molar-refractivity contribution is 5.80. The van der Waals surface area contributed by atoms with Gasteiger partial charge in [0.2, 0.25) is 17.7 Å². The lowest BCUT2D eigenvalue weighted by Crippen LogP contribution is -2.40. The van der Waals surface area contributed by atoms with Crippen LogP contribution in [0.1, 0.15) is 175 Å². The molecule has 0 saturated heterocycles. The molecule has 1 aromatic rings. The zero-order valence-corrected chi connectivity index (χ0v) is 40.9. The van der Waals surface area contributed by atoms with Gasteiger partial charge >= 0.3 is 0 Å². The van der Waals surface area contributed by atoms with Gasteiger partial charge in [-0.15, -0.1) is 0 Å². The Balaban J connectivity index is 1.87. The van der Waals surface area contributed by atoms with Crippen LogP contribution in [0.5, 0.6) is 11.5 Å². The van der Waals surface area contributed by atoms with Crippen LogP contribution in [0.2, 0.25) is 0 Å². The van der Waals surface area contributed by atoms with Gasteiger partial charge in [-0.2, -0.15) is 0 Å². The molecule has 12 heteroatoms. The highest BCUT2D eigenvalue weighted by atomic mass is 16.3. The number of ketones is 1. The molecular formula is C50H84N4O8. The Hall–Kier alpha value is -4.06. The minimum Gasteiger partial charge on any atom is -0.512 e. The summed E-state index contributed by atoms with van der Waals surface area (Å²) in [7, 11) is 1.94. The van der Waals surface area contributed by atoms with Gasteiger partial charge in [-0.25, -0.2) is 0 Å². The fourth-order valence-electron chi connectivity index (χ4n) is 10.2. The molecule has 12 nitrogen and oxygen atoms in total. The zero-order valence-electron chi connectivity index (χ0n) is 40.9. The number of aromatic hydroxyl groups is 2. The van der Waals surface area contributed by atoms with Crippen LogP contribution in [0.3, 0.4) is 0 Å². The van der Waals surface area contributed by atoms with Crippen molar-refractivity contribution < 1.29 is 39.6 Å². The Labute approximate surface area is 373 Å². The molecule has 62 heavy (non-hydrogen) atoms. The molecule has 1 aliphatic rings. The van der Waals surface area contributed by atoms with Gasteiger partial charge in [-0.05, 0) is 89.1 Å². The number of allylic oxidation sites excluding steroid dienone is 4. The van der Waals surface area contributed by atoms with Crippen LogP contribution in [-0.2, 0) is 30.0 Å². The molecule has 2 rings (SSSR count). The highest BCUT2D eigenvalue weighted by Crippen LogP contribution is 2.52. The second-order valence-corrected chi connectivity index (χ2v) is 20.8. The number of nitrogens with one attached hydrogen (secondary N) is 4. The standard InChI is InChI=1S/C50H84N4O8/c1-31(55)27-47(6,7)39-32(2)44(60)40(33(3)43(39)59)48(8,9)28-37(57)53-25-21-17-18-22-26-54-38(58)30-50(12,13)42-35(5)45(61)41(34(4)46(42)62)49(10,11)29-36(56)52-24-20-16-15-19-23-51-14/h33,40,51,59-62H,15-30H2,1-14H3,(H,52,56)(H,53,57)(H,54,58). The number of hydrogen-bond donors (Lipinski definition) is 8. The summed E-state index contributed by atoms with van der Waals surface area (Å²) < 4.78 is 0. The number of carbonyl (C=O) groups excluding carboxylic acids is 4. The highest BCUT2D eigenvalue weighted by Gasteiger charge is 2.46. The number of benzene rings is 1. The lowest BCUT2D eigenvalue weighted by Gasteiger charge is -2.43. The van der Waals surface area contributed by atoms with Crippen molar-refractivity contribution >= 4 is 23.5 Å². The molecule has 0 heterocycles. The van der Waals surface area contributed by atoms with E-state index in [9.17, 15) is 39.6 Å². The maximum Gasteiger partial charge on any atom is 0.220 e.